The van der Waals surface area contributed by atoms with Crippen molar-refractivity contribution in [2.24, 2.45) is 5.41 Å². The van der Waals surface area contributed by atoms with Crippen LogP contribution in [-0.2, 0) is 6.42 Å². The summed E-state index contributed by atoms with van der Waals surface area (Å²) >= 11 is 1.57. The van der Waals surface area contributed by atoms with Crippen molar-refractivity contribution >= 4 is 11.3 Å². The van der Waals surface area contributed by atoms with E-state index < -0.39 is 0 Å². The van der Waals surface area contributed by atoms with E-state index in [4.69, 9.17) is 9.68 Å². The molecule has 2 aromatic heterocycles. The van der Waals surface area contributed by atoms with Gasteiger partial charge in [0.25, 0.3) is 0 Å². The number of hydrogen-bond donors (Lipinski definition) is 0. The fourth-order valence-electron chi connectivity index (χ4n) is 1.50. The first kappa shape index (κ1) is 11.9. The molecule has 0 radical (unpaired) electrons. The Balaban J connectivity index is 2.20. The molecule has 0 amide bonds. The number of aromatic nitrogens is 1. The Bertz CT molecular complexity index is 560. The molecule has 2 aromatic rings. The highest BCUT2D eigenvalue weighted by molar-refractivity contribution is 7.09. The van der Waals surface area contributed by atoms with E-state index in [2.05, 4.69) is 11.1 Å². The van der Waals surface area contributed by atoms with Gasteiger partial charge in [0, 0.05) is 11.8 Å². The van der Waals surface area contributed by atoms with Gasteiger partial charge in [-0.2, -0.15) is 5.26 Å². The van der Waals surface area contributed by atoms with Crippen LogP contribution in [0, 0.1) is 23.7 Å². The van der Waals surface area contributed by atoms with Crippen molar-refractivity contribution in [3.05, 3.63) is 28.3 Å². The molecule has 0 spiro atoms. The van der Waals surface area contributed by atoms with Gasteiger partial charge in [0.05, 0.1) is 16.5 Å². The van der Waals surface area contributed by atoms with Crippen molar-refractivity contribution in [3.63, 3.8) is 0 Å². The second-order valence-electron chi connectivity index (χ2n) is 4.71. The number of hydrogen-bond acceptors (Lipinski definition) is 4. The van der Waals surface area contributed by atoms with Gasteiger partial charge in [-0.25, -0.2) is 4.98 Å². The standard InChI is InChI=1S/C13H14N2OS/c1-9-4-5-11(16-9)10-7-17-12(15-10)6-13(2,3)8-14/h4-5,7H,6H2,1-3H3. The molecule has 0 N–H and O–H groups in total. The van der Waals surface area contributed by atoms with Gasteiger partial charge in [0.15, 0.2) is 5.76 Å². The molecule has 0 saturated heterocycles. The normalized spacial score (nSPS) is 11.4. The van der Waals surface area contributed by atoms with Crippen LogP contribution >= 0.6 is 11.3 Å². The van der Waals surface area contributed by atoms with E-state index in [1.165, 1.54) is 0 Å². The summed E-state index contributed by atoms with van der Waals surface area (Å²) in [7, 11) is 0. The van der Waals surface area contributed by atoms with Gasteiger partial charge in [0.1, 0.15) is 11.5 Å². The van der Waals surface area contributed by atoms with Crippen LogP contribution in [0.3, 0.4) is 0 Å². The van der Waals surface area contributed by atoms with Crippen LogP contribution in [0.4, 0.5) is 0 Å². The second kappa shape index (κ2) is 4.34. The van der Waals surface area contributed by atoms with E-state index in [0.717, 1.165) is 22.2 Å². The lowest BCUT2D eigenvalue weighted by Gasteiger charge is -2.11. The highest BCUT2D eigenvalue weighted by atomic mass is 32.1. The van der Waals surface area contributed by atoms with Gasteiger partial charge >= 0.3 is 0 Å². The molecular formula is C13H14N2OS. The van der Waals surface area contributed by atoms with Gasteiger partial charge in [-0.1, -0.05) is 0 Å². The van der Waals surface area contributed by atoms with Crippen LogP contribution in [0.15, 0.2) is 21.9 Å². The van der Waals surface area contributed by atoms with Gasteiger partial charge in [-0.15, -0.1) is 11.3 Å². The summed E-state index contributed by atoms with van der Waals surface area (Å²) in [6.07, 6.45) is 0.674. The number of thiazole rings is 1. The minimum Gasteiger partial charge on any atom is -0.460 e. The van der Waals surface area contributed by atoms with Crippen LogP contribution in [0.2, 0.25) is 0 Å². The fraction of sp³-hybridized carbons (Fsp3) is 0.385. The Kier molecular flexibility index (Phi) is 3.03. The van der Waals surface area contributed by atoms with Crippen LogP contribution in [0.5, 0.6) is 0 Å². The zero-order chi connectivity index (χ0) is 12.5. The Morgan fingerprint density at radius 3 is 2.82 bits per heavy atom. The lowest BCUT2D eigenvalue weighted by atomic mass is 9.92. The topological polar surface area (TPSA) is 49.8 Å². The van der Waals surface area contributed by atoms with Gasteiger partial charge in [0.2, 0.25) is 0 Å². The van der Waals surface area contributed by atoms with Crippen LogP contribution in [0.25, 0.3) is 11.5 Å². The van der Waals surface area contributed by atoms with Gasteiger partial charge in [-0.3, -0.25) is 0 Å². The Hall–Kier alpha value is -1.60. The molecule has 88 valence electrons. The summed E-state index contributed by atoms with van der Waals surface area (Å²) < 4.78 is 5.52. The predicted molar refractivity (Wildman–Crippen MR) is 67.7 cm³/mol. The van der Waals surface area contributed by atoms with E-state index >= 15 is 0 Å². The Labute approximate surface area is 105 Å². The summed E-state index contributed by atoms with van der Waals surface area (Å²) in [4.78, 5) is 4.50. The maximum Gasteiger partial charge on any atom is 0.153 e. The third kappa shape index (κ3) is 2.75. The van der Waals surface area contributed by atoms with E-state index in [-0.39, 0.29) is 5.41 Å². The van der Waals surface area contributed by atoms with Crippen molar-refractivity contribution < 1.29 is 4.42 Å². The third-order valence-corrected chi connectivity index (χ3v) is 3.29. The third-order valence-electron chi connectivity index (χ3n) is 2.44. The molecule has 17 heavy (non-hydrogen) atoms. The first-order chi connectivity index (χ1) is 8.00. The summed E-state index contributed by atoms with van der Waals surface area (Å²) in [5.41, 5.74) is 0.487. The number of rotatable bonds is 3. The smallest absolute Gasteiger partial charge is 0.153 e. The number of furan rings is 1. The highest BCUT2D eigenvalue weighted by Crippen LogP contribution is 2.27. The lowest BCUT2D eigenvalue weighted by molar-refractivity contribution is 0.492. The highest BCUT2D eigenvalue weighted by Gasteiger charge is 2.20. The first-order valence-corrected chi connectivity index (χ1v) is 6.31. The molecule has 2 heterocycles. The fourth-order valence-corrected chi connectivity index (χ4v) is 2.51. The van der Waals surface area contributed by atoms with Crippen LogP contribution in [0.1, 0.15) is 24.6 Å². The van der Waals surface area contributed by atoms with Crippen molar-refractivity contribution in [3.8, 4) is 17.5 Å². The average Bonchev–Trinajstić information content (AvgIpc) is 2.86. The van der Waals surface area contributed by atoms with E-state index in [0.29, 0.717) is 6.42 Å². The summed E-state index contributed by atoms with van der Waals surface area (Å²) in [5, 5.41) is 11.9. The number of aryl methyl sites for hydroxylation is 1. The zero-order valence-corrected chi connectivity index (χ0v) is 11.0. The molecule has 0 aliphatic rings. The molecule has 0 atom stereocenters. The second-order valence-corrected chi connectivity index (χ2v) is 5.65. The Morgan fingerprint density at radius 2 is 2.24 bits per heavy atom. The molecular weight excluding hydrogens is 232 g/mol. The SMILES string of the molecule is Cc1ccc(-c2csc(CC(C)(C)C#N)n2)o1. The van der Waals surface area contributed by atoms with Crippen LogP contribution in [-0.4, -0.2) is 4.98 Å². The Morgan fingerprint density at radius 1 is 1.47 bits per heavy atom. The summed E-state index contributed by atoms with van der Waals surface area (Å²) in [5.74, 6) is 1.67. The monoisotopic (exact) mass is 246 g/mol. The van der Waals surface area contributed by atoms with Crippen molar-refractivity contribution in [1.82, 2.24) is 4.98 Å². The quantitative estimate of drug-likeness (QED) is 0.827. The van der Waals surface area contributed by atoms with E-state index in [1.54, 1.807) is 11.3 Å². The molecule has 0 aliphatic carbocycles. The van der Waals surface area contributed by atoms with Crippen LogP contribution < -0.4 is 0 Å². The lowest BCUT2D eigenvalue weighted by Crippen LogP contribution is -2.11. The minimum atomic E-state index is -0.367. The van der Waals surface area contributed by atoms with Gasteiger partial charge < -0.3 is 4.42 Å². The molecule has 3 nitrogen and oxygen atoms in total. The number of nitrogens with zero attached hydrogens (tertiary/aromatic N) is 2. The molecule has 0 aliphatic heterocycles. The largest absolute Gasteiger partial charge is 0.460 e. The minimum absolute atomic E-state index is 0.367. The van der Waals surface area contributed by atoms with Crippen molar-refractivity contribution in [1.29, 1.82) is 5.26 Å². The summed E-state index contributed by atoms with van der Waals surface area (Å²) in [6.45, 7) is 5.76. The molecule has 4 heteroatoms. The average molecular weight is 246 g/mol. The van der Waals surface area contributed by atoms with Crippen molar-refractivity contribution in [2.45, 2.75) is 27.2 Å². The molecule has 0 aromatic carbocycles. The van der Waals surface area contributed by atoms with E-state index in [1.807, 2.05) is 38.3 Å². The molecule has 0 fully saturated rings. The van der Waals surface area contributed by atoms with Crippen molar-refractivity contribution in [2.75, 3.05) is 0 Å². The summed E-state index contributed by atoms with van der Waals surface area (Å²) in [6, 6.07) is 6.13. The molecule has 0 saturated carbocycles. The first-order valence-electron chi connectivity index (χ1n) is 5.43. The van der Waals surface area contributed by atoms with E-state index in [9.17, 15) is 0 Å². The maximum absolute atomic E-state index is 8.99. The zero-order valence-electron chi connectivity index (χ0n) is 10.2. The molecule has 0 unspecified atom stereocenters. The number of nitriles is 1. The van der Waals surface area contributed by atoms with Gasteiger partial charge in [-0.05, 0) is 32.9 Å². The predicted octanol–water partition coefficient (Wildman–Crippen LogP) is 3.80. The molecule has 0 bridgehead atoms. The maximum atomic E-state index is 8.99. The molecule has 2 rings (SSSR count).